The van der Waals surface area contributed by atoms with Crippen molar-refractivity contribution in [2.45, 2.75) is 0 Å². The van der Waals surface area contributed by atoms with Crippen molar-refractivity contribution < 1.29 is 0 Å². The van der Waals surface area contributed by atoms with Crippen LogP contribution in [0.5, 0.6) is 0 Å². The van der Waals surface area contributed by atoms with E-state index in [9.17, 15) is 0 Å². The molecule has 0 saturated carbocycles. The molecule has 0 spiro atoms. The Balaban J connectivity index is 3.34. The summed E-state index contributed by atoms with van der Waals surface area (Å²) in [6.07, 6.45) is 0. The molecule has 1 aromatic carbocycles. The predicted molar refractivity (Wildman–Crippen MR) is 42.4 cm³/mol. The molecule has 2 nitrogen and oxygen atoms in total. The van der Waals surface area contributed by atoms with Crippen LogP contribution in [0.15, 0.2) is 18.2 Å². The van der Waals surface area contributed by atoms with Gasteiger partial charge in [-0.25, -0.2) is 4.85 Å². The van der Waals surface area contributed by atoms with Gasteiger partial charge in [0.25, 0.3) is 0 Å². The molecular weight excluding hydrogens is 160 g/mol. The molecule has 1 rings (SSSR count). The van der Waals surface area contributed by atoms with Gasteiger partial charge >= 0.3 is 0 Å². The summed E-state index contributed by atoms with van der Waals surface area (Å²) in [7, 11) is 0. The SMILES string of the molecule is [C-]#[N+]c1ccc(Cl)cc1C#N. The quantitative estimate of drug-likeness (QED) is 0.539. The van der Waals surface area contributed by atoms with E-state index in [-0.39, 0.29) is 0 Å². The maximum atomic E-state index is 8.52. The number of hydrogen-bond donors (Lipinski definition) is 0. The average Bonchev–Trinajstić information content (AvgIpc) is 2.04. The second-order valence-corrected chi connectivity index (χ2v) is 2.32. The van der Waals surface area contributed by atoms with E-state index >= 15 is 0 Å². The second kappa shape index (κ2) is 3.05. The standard InChI is InChI=1S/C8H3ClN2/c1-11-8-3-2-7(9)4-6(8)5-10/h2-4H. The highest BCUT2D eigenvalue weighted by molar-refractivity contribution is 6.30. The minimum atomic E-state index is 0.326. The van der Waals surface area contributed by atoms with Gasteiger partial charge < -0.3 is 0 Å². The summed E-state index contributed by atoms with van der Waals surface area (Å²) in [5.41, 5.74) is 0.671. The molecule has 0 heterocycles. The molecule has 3 heteroatoms. The van der Waals surface area contributed by atoms with Crippen LogP contribution in [0.25, 0.3) is 4.85 Å². The van der Waals surface area contributed by atoms with E-state index < -0.39 is 0 Å². The van der Waals surface area contributed by atoms with Crippen molar-refractivity contribution in [2.24, 2.45) is 0 Å². The highest BCUT2D eigenvalue weighted by Gasteiger charge is 2.00. The average molecular weight is 163 g/mol. The second-order valence-electron chi connectivity index (χ2n) is 1.89. The molecule has 0 fully saturated rings. The maximum absolute atomic E-state index is 8.52. The van der Waals surface area contributed by atoms with Gasteiger partial charge in [-0.15, -0.1) is 0 Å². The maximum Gasteiger partial charge on any atom is 0.204 e. The molecule has 0 bridgehead atoms. The normalized spacial score (nSPS) is 8.27. The van der Waals surface area contributed by atoms with Crippen LogP contribution in [0.2, 0.25) is 5.02 Å². The van der Waals surface area contributed by atoms with E-state index in [4.69, 9.17) is 23.4 Å². The van der Waals surface area contributed by atoms with E-state index in [1.54, 1.807) is 6.07 Å². The molecule has 52 valence electrons. The number of rotatable bonds is 0. The van der Waals surface area contributed by atoms with Crippen molar-refractivity contribution in [3.63, 3.8) is 0 Å². The van der Waals surface area contributed by atoms with Gasteiger partial charge in [-0.2, -0.15) is 5.26 Å². The van der Waals surface area contributed by atoms with Crippen LogP contribution in [0.1, 0.15) is 5.56 Å². The fourth-order valence-corrected chi connectivity index (χ4v) is 0.867. The summed E-state index contributed by atoms with van der Waals surface area (Å²) in [5, 5.41) is 9.00. The topological polar surface area (TPSA) is 28.1 Å². The molecule has 0 amide bonds. The number of halogens is 1. The van der Waals surface area contributed by atoms with Gasteiger partial charge in [-0.1, -0.05) is 23.7 Å². The third-order valence-electron chi connectivity index (χ3n) is 1.20. The lowest BCUT2D eigenvalue weighted by molar-refractivity contribution is 1.49. The fraction of sp³-hybridized carbons (Fsp3) is 0. The zero-order valence-electron chi connectivity index (χ0n) is 5.50. The van der Waals surface area contributed by atoms with Crippen LogP contribution in [0.4, 0.5) is 5.69 Å². The summed E-state index contributed by atoms with van der Waals surface area (Å²) < 4.78 is 0. The number of hydrogen-bond acceptors (Lipinski definition) is 1. The molecule has 0 atom stereocenters. The fourth-order valence-electron chi connectivity index (χ4n) is 0.695. The van der Waals surface area contributed by atoms with E-state index in [0.717, 1.165) is 0 Å². The van der Waals surface area contributed by atoms with Crippen LogP contribution < -0.4 is 0 Å². The van der Waals surface area contributed by atoms with Crippen LogP contribution in [-0.4, -0.2) is 0 Å². The molecular formula is C8H3ClN2. The molecule has 0 aliphatic rings. The highest BCUT2D eigenvalue weighted by atomic mass is 35.5. The van der Waals surface area contributed by atoms with Crippen LogP contribution in [0.3, 0.4) is 0 Å². The highest BCUT2D eigenvalue weighted by Crippen LogP contribution is 2.21. The predicted octanol–water partition coefficient (Wildman–Crippen LogP) is 2.76. The van der Waals surface area contributed by atoms with Crippen molar-refractivity contribution in [2.75, 3.05) is 0 Å². The first kappa shape index (κ1) is 7.60. The van der Waals surface area contributed by atoms with E-state index in [2.05, 4.69) is 4.85 Å². The van der Waals surface area contributed by atoms with E-state index in [1.807, 2.05) is 6.07 Å². The third-order valence-corrected chi connectivity index (χ3v) is 1.43. The molecule has 0 radical (unpaired) electrons. The van der Waals surface area contributed by atoms with Crippen molar-refractivity contribution in [3.8, 4) is 6.07 Å². The van der Waals surface area contributed by atoms with Crippen molar-refractivity contribution in [1.29, 1.82) is 5.26 Å². The Bertz CT molecular complexity index is 357. The minimum Gasteiger partial charge on any atom is -0.237 e. The molecule has 1 aromatic rings. The zero-order chi connectivity index (χ0) is 8.27. The van der Waals surface area contributed by atoms with E-state index in [1.165, 1.54) is 12.1 Å². The number of benzene rings is 1. The van der Waals surface area contributed by atoms with Crippen LogP contribution >= 0.6 is 11.6 Å². The smallest absolute Gasteiger partial charge is 0.204 e. The van der Waals surface area contributed by atoms with Crippen LogP contribution in [-0.2, 0) is 0 Å². The Labute approximate surface area is 69.5 Å². The van der Waals surface area contributed by atoms with Crippen molar-refractivity contribution in [1.82, 2.24) is 0 Å². The van der Waals surface area contributed by atoms with Gasteiger partial charge in [0.15, 0.2) is 0 Å². The van der Waals surface area contributed by atoms with Gasteiger partial charge in [0.2, 0.25) is 5.69 Å². The first-order chi connectivity index (χ1) is 5.27. The molecule has 0 unspecified atom stereocenters. The van der Waals surface area contributed by atoms with Gasteiger partial charge in [-0.05, 0) is 6.07 Å². The van der Waals surface area contributed by atoms with Gasteiger partial charge in [0.05, 0.1) is 18.2 Å². The molecule has 11 heavy (non-hydrogen) atoms. The molecule has 0 saturated heterocycles. The lowest BCUT2D eigenvalue weighted by Gasteiger charge is -1.92. The van der Waals surface area contributed by atoms with Gasteiger partial charge in [0.1, 0.15) is 0 Å². The van der Waals surface area contributed by atoms with E-state index in [0.29, 0.717) is 16.3 Å². The summed E-state index contributed by atoms with van der Waals surface area (Å²) >= 11 is 5.60. The Hall–Kier alpha value is -1.51. The first-order valence-electron chi connectivity index (χ1n) is 2.85. The molecule has 0 aliphatic heterocycles. The summed E-state index contributed by atoms with van der Waals surface area (Å²) in [4.78, 5) is 3.15. The molecule has 0 N–H and O–H groups in total. The number of nitriles is 1. The monoisotopic (exact) mass is 162 g/mol. The van der Waals surface area contributed by atoms with Gasteiger partial charge in [-0.3, -0.25) is 0 Å². The lowest BCUT2D eigenvalue weighted by atomic mass is 10.2. The van der Waals surface area contributed by atoms with Gasteiger partial charge in [0, 0.05) is 5.02 Å². The molecule has 0 aliphatic carbocycles. The lowest BCUT2D eigenvalue weighted by Crippen LogP contribution is -1.73. The summed E-state index contributed by atoms with van der Waals surface area (Å²) in [6, 6.07) is 6.50. The third kappa shape index (κ3) is 1.49. The zero-order valence-corrected chi connectivity index (χ0v) is 6.26. The minimum absolute atomic E-state index is 0.326. The first-order valence-corrected chi connectivity index (χ1v) is 3.23. The Morgan fingerprint density at radius 1 is 1.55 bits per heavy atom. The Morgan fingerprint density at radius 3 is 2.82 bits per heavy atom. The van der Waals surface area contributed by atoms with Crippen molar-refractivity contribution in [3.05, 3.63) is 40.2 Å². The van der Waals surface area contributed by atoms with Crippen LogP contribution in [0, 0.1) is 17.9 Å². The largest absolute Gasteiger partial charge is 0.237 e. The summed E-state index contributed by atoms with van der Waals surface area (Å²) in [5.74, 6) is 0. The van der Waals surface area contributed by atoms with Crippen molar-refractivity contribution >= 4 is 17.3 Å². The summed E-state index contributed by atoms with van der Waals surface area (Å²) in [6.45, 7) is 6.69. The Kier molecular flexibility index (Phi) is 2.11. The Morgan fingerprint density at radius 2 is 2.27 bits per heavy atom. The number of nitrogens with zero attached hydrogens (tertiary/aromatic N) is 2. The molecule has 0 aromatic heterocycles.